The Bertz CT molecular complexity index is 523. The molecule has 1 aromatic rings. The number of methoxy groups -OCH3 is 1. The van der Waals surface area contributed by atoms with Gasteiger partial charge in [-0.2, -0.15) is 0 Å². The minimum atomic E-state index is -0.487. The summed E-state index contributed by atoms with van der Waals surface area (Å²) in [6.45, 7) is 6.07. The van der Waals surface area contributed by atoms with Crippen LogP contribution in [-0.4, -0.2) is 31.2 Å². The van der Waals surface area contributed by atoms with Gasteiger partial charge in [0.25, 0.3) is 0 Å². The van der Waals surface area contributed by atoms with Crippen molar-refractivity contribution in [3.05, 3.63) is 32.9 Å². The number of carbonyl (C=O) groups excluding carboxylic acids is 2. The first-order valence-electron chi connectivity index (χ1n) is 6.51. The van der Waals surface area contributed by atoms with E-state index in [9.17, 15) is 9.59 Å². The quantitative estimate of drug-likeness (QED) is 0.603. The summed E-state index contributed by atoms with van der Waals surface area (Å²) in [4.78, 5) is 23.1. The minimum absolute atomic E-state index is 0.121. The Balaban J connectivity index is 2.58. The number of halogens is 1. The molecular formula is C15H20INO4. The normalized spacial score (nSPS) is 11.1. The van der Waals surface area contributed by atoms with Crippen LogP contribution in [0.15, 0.2) is 18.2 Å². The number of rotatable bonds is 5. The molecule has 1 rings (SSSR count). The van der Waals surface area contributed by atoms with Crippen molar-refractivity contribution in [3.8, 4) is 0 Å². The van der Waals surface area contributed by atoms with Crippen molar-refractivity contribution in [2.24, 2.45) is 0 Å². The lowest BCUT2D eigenvalue weighted by Gasteiger charge is -2.19. The number of carbonyl (C=O) groups is 2. The number of ether oxygens (including phenoxy) is 2. The number of benzene rings is 1. The number of hydrogen-bond acceptors (Lipinski definition) is 5. The second-order valence-electron chi connectivity index (χ2n) is 5.53. The van der Waals surface area contributed by atoms with Crippen LogP contribution >= 0.6 is 22.6 Å². The van der Waals surface area contributed by atoms with E-state index in [1.165, 1.54) is 7.11 Å². The predicted octanol–water partition coefficient (Wildman–Crippen LogP) is 2.51. The van der Waals surface area contributed by atoms with E-state index < -0.39 is 5.60 Å². The van der Waals surface area contributed by atoms with Crippen LogP contribution in [0, 0.1) is 3.57 Å². The second kappa shape index (κ2) is 7.74. The third-order valence-electron chi connectivity index (χ3n) is 2.40. The van der Waals surface area contributed by atoms with Gasteiger partial charge in [-0.15, -0.1) is 0 Å². The van der Waals surface area contributed by atoms with Crippen LogP contribution in [-0.2, 0) is 20.8 Å². The van der Waals surface area contributed by atoms with E-state index in [1.54, 1.807) is 12.1 Å². The average Bonchev–Trinajstić information content (AvgIpc) is 2.35. The predicted molar refractivity (Wildman–Crippen MR) is 88.1 cm³/mol. The maximum Gasteiger partial charge on any atom is 0.337 e. The molecule has 0 unspecified atom stereocenters. The van der Waals surface area contributed by atoms with Crippen LogP contribution in [0.4, 0.5) is 0 Å². The molecule has 0 atom stereocenters. The van der Waals surface area contributed by atoms with Gasteiger partial charge >= 0.3 is 11.9 Å². The first kappa shape index (κ1) is 17.9. The van der Waals surface area contributed by atoms with Crippen molar-refractivity contribution < 1.29 is 19.1 Å². The van der Waals surface area contributed by atoms with Crippen molar-refractivity contribution in [1.29, 1.82) is 0 Å². The molecule has 0 saturated heterocycles. The van der Waals surface area contributed by atoms with E-state index in [4.69, 9.17) is 9.47 Å². The lowest BCUT2D eigenvalue weighted by molar-refractivity contribution is -0.153. The van der Waals surface area contributed by atoms with Crippen molar-refractivity contribution in [2.75, 3.05) is 13.7 Å². The van der Waals surface area contributed by atoms with Crippen LogP contribution in [0.2, 0.25) is 0 Å². The maximum absolute atomic E-state index is 11.6. The summed E-state index contributed by atoms with van der Waals surface area (Å²) in [6, 6.07) is 5.44. The Morgan fingerprint density at radius 2 is 1.90 bits per heavy atom. The summed E-state index contributed by atoms with van der Waals surface area (Å²) in [5.41, 5.74) is 0.920. The van der Waals surface area contributed by atoms with E-state index in [0.717, 1.165) is 9.13 Å². The average molecular weight is 405 g/mol. The molecular weight excluding hydrogens is 385 g/mol. The summed E-state index contributed by atoms with van der Waals surface area (Å²) in [6.07, 6.45) is 0. The number of nitrogens with one attached hydrogen (secondary N) is 1. The first-order chi connectivity index (χ1) is 9.71. The number of esters is 2. The molecule has 1 aromatic carbocycles. The zero-order valence-electron chi connectivity index (χ0n) is 12.7. The summed E-state index contributed by atoms with van der Waals surface area (Å²) in [5, 5.41) is 3.01. The smallest absolute Gasteiger partial charge is 0.337 e. The highest BCUT2D eigenvalue weighted by atomic mass is 127. The van der Waals surface area contributed by atoms with Crippen LogP contribution in [0.25, 0.3) is 0 Å². The van der Waals surface area contributed by atoms with Crippen LogP contribution in [0.5, 0.6) is 0 Å². The zero-order valence-corrected chi connectivity index (χ0v) is 14.8. The molecule has 0 spiro atoms. The molecule has 0 aliphatic carbocycles. The largest absolute Gasteiger partial charge is 0.465 e. The van der Waals surface area contributed by atoms with Crippen molar-refractivity contribution in [3.63, 3.8) is 0 Å². The molecule has 0 aliphatic heterocycles. The fourth-order valence-corrected chi connectivity index (χ4v) is 2.41. The molecule has 1 N–H and O–H groups in total. The van der Waals surface area contributed by atoms with Crippen molar-refractivity contribution in [1.82, 2.24) is 5.32 Å². The van der Waals surface area contributed by atoms with E-state index in [2.05, 4.69) is 27.9 Å². The maximum atomic E-state index is 11.6. The molecule has 0 bridgehead atoms. The first-order valence-corrected chi connectivity index (χ1v) is 7.59. The standard InChI is InChI=1S/C15H20INO4/c1-15(2,3)21-13(18)9-17-8-10-5-11(14(19)20-4)7-12(16)6-10/h5-7,17H,8-9H2,1-4H3. The Morgan fingerprint density at radius 3 is 2.48 bits per heavy atom. The fourth-order valence-electron chi connectivity index (χ4n) is 1.67. The summed E-state index contributed by atoms with van der Waals surface area (Å²) < 4.78 is 10.8. The van der Waals surface area contributed by atoms with Crippen LogP contribution < -0.4 is 5.32 Å². The molecule has 21 heavy (non-hydrogen) atoms. The molecule has 5 nitrogen and oxygen atoms in total. The van der Waals surface area contributed by atoms with E-state index in [-0.39, 0.29) is 18.5 Å². The molecule has 0 aromatic heterocycles. The highest BCUT2D eigenvalue weighted by molar-refractivity contribution is 14.1. The van der Waals surface area contributed by atoms with Gasteiger partial charge in [-0.3, -0.25) is 4.79 Å². The molecule has 0 amide bonds. The fraction of sp³-hybridized carbons (Fsp3) is 0.467. The lowest BCUT2D eigenvalue weighted by Crippen LogP contribution is -2.31. The minimum Gasteiger partial charge on any atom is -0.465 e. The van der Waals surface area contributed by atoms with Gasteiger partial charge in [0.05, 0.1) is 19.2 Å². The van der Waals surface area contributed by atoms with Gasteiger partial charge in [0.15, 0.2) is 0 Å². The highest BCUT2D eigenvalue weighted by Gasteiger charge is 2.15. The van der Waals surface area contributed by atoms with Gasteiger partial charge < -0.3 is 14.8 Å². The topological polar surface area (TPSA) is 64.6 Å². The monoisotopic (exact) mass is 405 g/mol. The van der Waals surface area contributed by atoms with Crippen LogP contribution in [0.3, 0.4) is 0 Å². The van der Waals surface area contributed by atoms with E-state index in [0.29, 0.717) is 12.1 Å². The van der Waals surface area contributed by atoms with Crippen LogP contribution in [0.1, 0.15) is 36.7 Å². The SMILES string of the molecule is COC(=O)c1cc(I)cc(CNCC(=O)OC(C)(C)C)c1. The lowest BCUT2D eigenvalue weighted by atomic mass is 10.1. The van der Waals surface area contributed by atoms with E-state index in [1.807, 2.05) is 26.8 Å². The summed E-state index contributed by atoms with van der Waals surface area (Å²) >= 11 is 2.14. The van der Waals surface area contributed by atoms with Gasteiger partial charge in [-0.05, 0) is 67.1 Å². The molecule has 0 saturated carbocycles. The Kier molecular flexibility index (Phi) is 6.60. The van der Waals surface area contributed by atoms with Gasteiger partial charge in [0, 0.05) is 10.1 Å². The zero-order chi connectivity index (χ0) is 16.0. The van der Waals surface area contributed by atoms with Crippen molar-refractivity contribution >= 4 is 34.5 Å². The van der Waals surface area contributed by atoms with E-state index >= 15 is 0 Å². The summed E-state index contributed by atoms with van der Waals surface area (Å²) in [7, 11) is 1.35. The Labute approximate surface area is 138 Å². The molecule has 0 radical (unpaired) electrons. The Morgan fingerprint density at radius 1 is 1.24 bits per heavy atom. The third kappa shape index (κ3) is 6.90. The van der Waals surface area contributed by atoms with Gasteiger partial charge in [-0.1, -0.05) is 0 Å². The highest BCUT2D eigenvalue weighted by Crippen LogP contribution is 2.13. The molecule has 0 aliphatic rings. The molecule has 0 fully saturated rings. The van der Waals surface area contributed by atoms with Gasteiger partial charge in [-0.25, -0.2) is 4.79 Å². The Hall–Kier alpha value is -1.15. The molecule has 6 heteroatoms. The van der Waals surface area contributed by atoms with Gasteiger partial charge in [0.2, 0.25) is 0 Å². The number of hydrogen-bond donors (Lipinski definition) is 1. The third-order valence-corrected chi connectivity index (χ3v) is 3.02. The second-order valence-corrected chi connectivity index (χ2v) is 6.78. The van der Waals surface area contributed by atoms with Crippen molar-refractivity contribution in [2.45, 2.75) is 32.9 Å². The summed E-state index contributed by atoms with van der Waals surface area (Å²) in [5.74, 6) is -0.678. The van der Waals surface area contributed by atoms with Gasteiger partial charge in [0.1, 0.15) is 5.60 Å². The molecule has 116 valence electrons. The molecule has 0 heterocycles.